The van der Waals surface area contributed by atoms with Gasteiger partial charge in [-0.25, -0.2) is 4.79 Å². The van der Waals surface area contributed by atoms with E-state index >= 15 is 0 Å². The molecule has 0 atom stereocenters. The Morgan fingerprint density at radius 3 is 2.48 bits per heavy atom. The minimum Gasteiger partial charge on any atom is -0.464 e. The molecular formula is C15H12BrNO3S. The zero-order valence-electron chi connectivity index (χ0n) is 11.1. The van der Waals surface area contributed by atoms with E-state index in [1.807, 2.05) is 18.2 Å². The molecule has 2 aromatic rings. The van der Waals surface area contributed by atoms with Crippen LogP contribution >= 0.6 is 27.3 Å². The molecule has 1 aromatic heterocycles. The average molecular weight is 366 g/mol. The lowest BCUT2D eigenvalue weighted by atomic mass is 10.2. The first-order valence-corrected chi connectivity index (χ1v) is 7.63. The molecule has 1 N–H and O–H groups in total. The lowest BCUT2D eigenvalue weighted by molar-refractivity contribution is -0.136. The van der Waals surface area contributed by atoms with Gasteiger partial charge in [0.25, 0.3) is 5.91 Å². The van der Waals surface area contributed by atoms with Gasteiger partial charge in [-0.3, -0.25) is 4.79 Å². The summed E-state index contributed by atoms with van der Waals surface area (Å²) in [5.41, 5.74) is 0.570. The number of rotatable bonds is 4. The third-order valence-corrected chi connectivity index (χ3v) is 4.14. The minimum absolute atomic E-state index is 0.0979. The quantitative estimate of drug-likeness (QED) is 0.666. The van der Waals surface area contributed by atoms with Gasteiger partial charge in [0.05, 0.1) is 10.9 Å². The fourth-order valence-corrected chi connectivity index (χ4v) is 2.96. The van der Waals surface area contributed by atoms with Crippen LogP contribution in [0.3, 0.4) is 0 Å². The van der Waals surface area contributed by atoms with Crippen molar-refractivity contribution in [3.05, 3.63) is 62.4 Å². The number of hydrogen-bond donors (Lipinski definition) is 1. The Morgan fingerprint density at radius 2 is 1.90 bits per heavy atom. The van der Waals surface area contributed by atoms with Crippen molar-refractivity contribution in [1.82, 2.24) is 5.32 Å². The highest BCUT2D eigenvalue weighted by atomic mass is 79.9. The van der Waals surface area contributed by atoms with Crippen LogP contribution in [-0.4, -0.2) is 19.0 Å². The average Bonchev–Trinajstić information content (AvgIpc) is 2.91. The van der Waals surface area contributed by atoms with E-state index in [9.17, 15) is 9.59 Å². The van der Waals surface area contributed by atoms with Gasteiger partial charge in [0.1, 0.15) is 5.70 Å². The molecule has 1 aromatic carbocycles. The second-order valence-corrected chi connectivity index (χ2v) is 6.51. The topological polar surface area (TPSA) is 55.4 Å². The van der Waals surface area contributed by atoms with Crippen molar-refractivity contribution in [3.63, 3.8) is 0 Å². The lowest BCUT2D eigenvalue weighted by Gasteiger charge is -2.07. The largest absolute Gasteiger partial charge is 0.464 e. The number of carbonyl (C=O) groups is 2. The summed E-state index contributed by atoms with van der Waals surface area (Å²) in [5, 5.41) is 2.58. The molecule has 0 unspecified atom stereocenters. The number of benzene rings is 1. The maximum absolute atomic E-state index is 12.1. The van der Waals surface area contributed by atoms with Crippen LogP contribution < -0.4 is 5.32 Å². The highest BCUT2D eigenvalue weighted by Gasteiger charge is 2.15. The van der Waals surface area contributed by atoms with E-state index in [1.54, 1.807) is 30.3 Å². The van der Waals surface area contributed by atoms with Crippen LogP contribution in [0.4, 0.5) is 0 Å². The third kappa shape index (κ3) is 4.27. The van der Waals surface area contributed by atoms with Crippen molar-refractivity contribution in [3.8, 4) is 0 Å². The first kappa shape index (κ1) is 15.5. The standard InChI is InChI=1S/C15H12BrNO3S/c1-20-15(19)12(9-11-7-8-13(16)21-11)17-14(18)10-5-3-2-4-6-10/h2-9H,1H3,(H,17,18)/b12-9-. The number of ether oxygens (including phenoxy) is 1. The first-order valence-electron chi connectivity index (χ1n) is 6.02. The third-order valence-electron chi connectivity index (χ3n) is 2.57. The van der Waals surface area contributed by atoms with Crippen LogP contribution in [0.1, 0.15) is 15.2 Å². The predicted molar refractivity (Wildman–Crippen MR) is 85.9 cm³/mol. The van der Waals surface area contributed by atoms with Gasteiger partial charge in [0, 0.05) is 10.4 Å². The smallest absolute Gasteiger partial charge is 0.354 e. The lowest BCUT2D eigenvalue weighted by Crippen LogP contribution is -2.27. The molecule has 0 radical (unpaired) electrons. The Balaban J connectivity index is 2.23. The highest BCUT2D eigenvalue weighted by Crippen LogP contribution is 2.24. The monoisotopic (exact) mass is 365 g/mol. The summed E-state index contributed by atoms with van der Waals surface area (Å²) in [7, 11) is 1.27. The normalized spacial score (nSPS) is 11.0. The second-order valence-electron chi connectivity index (χ2n) is 4.01. The van der Waals surface area contributed by atoms with E-state index in [2.05, 4.69) is 21.2 Å². The number of esters is 1. The molecule has 0 saturated heterocycles. The Kier molecular flexibility index (Phi) is 5.30. The number of methoxy groups -OCH3 is 1. The van der Waals surface area contributed by atoms with Gasteiger partial charge >= 0.3 is 5.97 Å². The van der Waals surface area contributed by atoms with Gasteiger partial charge in [0.2, 0.25) is 0 Å². The summed E-state index contributed by atoms with van der Waals surface area (Å²) in [4.78, 5) is 24.7. The molecule has 0 aliphatic rings. The molecule has 1 heterocycles. The summed E-state index contributed by atoms with van der Waals surface area (Å²) < 4.78 is 5.64. The number of carbonyl (C=O) groups excluding carboxylic acids is 2. The molecule has 0 spiro atoms. The molecule has 108 valence electrons. The molecule has 21 heavy (non-hydrogen) atoms. The Labute approximate surface area is 134 Å². The molecule has 6 heteroatoms. The van der Waals surface area contributed by atoms with E-state index in [1.165, 1.54) is 18.4 Å². The maximum Gasteiger partial charge on any atom is 0.354 e. The Bertz CT molecular complexity index is 679. The van der Waals surface area contributed by atoms with Crippen LogP contribution in [0.2, 0.25) is 0 Å². The number of nitrogens with one attached hydrogen (secondary N) is 1. The van der Waals surface area contributed by atoms with Crippen molar-refractivity contribution in [2.45, 2.75) is 0 Å². The van der Waals surface area contributed by atoms with E-state index in [-0.39, 0.29) is 11.6 Å². The van der Waals surface area contributed by atoms with Crippen LogP contribution in [0, 0.1) is 0 Å². The van der Waals surface area contributed by atoms with Crippen molar-refractivity contribution in [2.75, 3.05) is 7.11 Å². The van der Waals surface area contributed by atoms with Crippen LogP contribution in [-0.2, 0) is 9.53 Å². The summed E-state index contributed by atoms with van der Waals surface area (Å²) in [6.45, 7) is 0. The highest BCUT2D eigenvalue weighted by molar-refractivity contribution is 9.11. The van der Waals surface area contributed by atoms with Gasteiger partial charge in [-0.15, -0.1) is 11.3 Å². The summed E-state index contributed by atoms with van der Waals surface area (Å²) in [5.74, 6) is -0.952. The number of hydrogen-bond acceptors (Lipinski definition) is 4. The van der Waals surface area contributed by atoms with Gasteiger partial charge in [-0.05, 0) is 46.3 Å². The molecule has 4 nitrogen and oxygen atoms in total. The number of thiophene rings is 1. The molecule has 0 aliphatic carbocycles. The second kappa shape index (κ2) is 7.19. The van der Waals surface area contributed by atoms with Crippen molar-refractivity contribution in [1.29, 1.82) is 0 Å². The summed E-state index contributed by atoms with van der Waals surface area (Å²) in [6.07, 6.45) is 1.59. The molecule has 0 fully saturated rings. The minimum atomic E-state index is -0.594. The van der Waals surface area contributed by atoms with Crippen molar-refractivity contribution >= 4 is 45.2 Å². The van der Waals surface area contributed by atoms with E-state index < -0.39 is 5.97 Å². The van der Waals surface area contributed by atoms with E-state index in [0.29, 0.717) is 5.56 Å². The zero-order chi connectivity index (χ0) is 15.2. The molecule has 0 bridgehead atoms. The van der Waals surface area contributed by atoms with Crippen molar-refractivity contribution in [2.24, 2.45) is 0 Å². The molecule has 1 amide bonds. The fourth-order valence-electron chi connectivity index (χ4n) is 1.59. The molecular weight excluding hydrogens is 354 g/mol. The van der Waals surface area contributed by atoms with E-state index in [4.69, 9.17) is 4.74 Å². The number of amides is 1. The van der Waals surface area contributed by atoms with Crippen molar-refractivity contribution < 1.29 is 14.3 Å². The van der Waals surface area contributed by atoms with Gasteiger partial charge < -0.3 is 10.1 Å². The molecule has 0 saturated carbocycles. The zero-order valence-corrected chi connectivity index (χ0v) is 13.5. The fraction of sp³-hybridized carbons (Fsp3) is 0.0667. The van der Waals surface area contributed by atoms with Crippen LogP contribution in [0.5, 0.6) is 0 Å². The van der Waals surface area contributed by atoms with E-state index in [0.717, 1.165) is 8.66 Å². The summed E-state index contributed by atoms with van der Waals surface area (Å²) in [6, 6.07) is 12.4. The van der Waals surface area contributed by atoms with Crippen LogP contribution in [0.15, 0.2) is 51.9 Å². The van der Waals surface area contributed by atoms with Crippen LogP contribution in [0.25, 0.3) is 6.08 Å². The Hall–Kier alpha value is -1.92. The molecule has 2 rings (SSSR count). The van der Waals surface area contributed by atoms with Gasteiger partial charge in [0.15, 0.2) is 0 Å². The maximum atomic E-state index is 12.1. The SMILES string of the molecule is COC(=O)/C(=C/c1ccc(Br)s1)NC(=O)c1ccccc1. The predicted octanol–water partition coefficient (Wildman–Crippen LogP) is 3.45. The number of halogens is 1. The van der Waals surface area contributed by atoms with Gasteiger partial charge in [-0.2, -0.15) is 0 Å². The molecule has 0 aliphatic heterocycles. The summed E-state index contributed by atoms with van der Waals surface area (Å²) >= 11 is 4.80. The first-order chi connectivity index (χ1) is 10.1. The Morgan fingerprint density at radius 1 is 1.19 bits per heavy atom. The van der Waals surface area contributed by atoms with Gasteiger partial charge in [-0.1, -0.05) is 18.2 Å².